The first-order valence-electron chi connectivity index (χ1n) is 7.15. The lowest BCUT2D eigenvalue weighted by atomic mass is 10.2. The lowest BCUT2D eigenvalue weighted by Crippen LogP contribution is -2.19. The van der Waals surface area contributed by atoms with Gasteiger partial charge in [-0.3, -0.25) is 13.9 Å². The molecule has 0 aliphatic heterocycles. The Hall–Kier alpha value is -2.61. The smallest absolute Gasteiger partial charge is 0.295 e. The van der Waals surface area contributed by atoms with Crippen molar-refractivity contribution in [1.82, 2.24) is 9.13 Å². The summed E-state index contributed by atoms with van der Waals surface area (Å²) in [6, 6.07) is 8.18. The number of aromatic nitrogens is 2. The van der Waals surface area contributed by atoms with Gasteiger partial charge in [-0.05, 0) is 48.9 Å². The molecule has 0 saturated heterocycles. The van der Waals surface area contributed by atoms with Gasteiger partial charge in [0.05, 0.1) is 15.9 Å². The molecular weight excluding hydrogens is 333 g/mol. The van der Waals surface area contributed by atoms with Gasteiger partial charge in [-0.15, -0.1) is 0 Å². The van der Waals surface area contributed by atoms with Gasteiger partial charge in [0, 0.05) is 19.8 Å². The Morgan fingerprint density at radius 3 is 2.12 bits per heavy atom. The molecule has 1 aromatic heterocycles. The number of nitrogens with one attached hydrogen (secondary N) is 1. The zero-order valence-corrected chi connectivity index (χ0v) is 14.2. The van der Waals surface area contributed by atoms with Crippen molar-refractivity contribution in [3.8, 4) is 0 Å². The van der Waals surface area contributed by atoms with Crippen molar-refractivity contribution in [2.45, 2.75) is 11.8 Å². The van der Waals surface area contributed by atoms with Crippen molar-refractivity contribution in [2.24, 2.45) is 14.1 Å². The molecule has 0 amide bonds. The molecule has 0 atom stereocenters. The lowest BCUT2D eigenvalue weighted by molar-refractivity contribution is 0.600. The Morgan fingerprint density at radius 2 is 1.54 bits per heavy atom. The second-order valence-electron chi connectivity index (χ2n) is 5.62. The number of hydrogen-bond acceptors (Lipinski definition) is 3. The van der Waals surface area contributed by atoms with Crippen LogP contribution in [0.3, 0.4) is 0 Å². The van der Waals surface area contributed by atoms with Crippen LogP contribution >= 0.6 is 0 Å². The Balaban J connectivity index is 2.13. The fraction of sp³-hybridized carbons (Fsp3) is 0.188. The first kappa shape index (κ1) is 16.3. The Kier molecular flexibility index (Phi) is 3.71. The largest absolute Gasteiger partial charge is 0.328 e. The summed E-state index contributed by atoms with van der Waals surface area (Å²) in [6.45, 7) is 1.66. The van der Waals surface area contributed by atoms with Crippen molar-refractivity contribution in [1.29, 1.82) is 0 Å². The van der Waals surface area contributed by atoms with Crippen LogP contribution in [-0.2, 0) is 24.1 Å². The van der Waals surface area contributed by atoms with Crippen molar-refractivity contribution >= 4 is 26.7 Å². The van der Waals surface area contributed by atoms with Crippen LogP contribution in [0.25, 0.3) is 11.0 Å². The summed E-state index contributed by atoms with van der Waals surface area (Å²) in [6.07, 6.45) is 0. The van der Waals surface area contributed by atoms with Crippen LogP contribution in [0.4, 0.5) is 10.1 Å². The van der Waals surface area contributed by atoms with Gasteiger partial charge in [0.25, 0.3) is 10.0 Å². The SMILES string of the molecule is Cc1cc2c(cc1S(=O)(=O)Nc1ccc(F)cc1)n(C)c(=O)n2C. The summed E-state index contributed by atoms with van der Waals surface area (Å²) in [5.74, 6) is -0.449. The predicted octanol–water partition coefficient (Wildman–Crippen LogP) is 2.13. The number of fused-ring (bicyclic) bond motifs is 1. The van der Waals surface area contributed by atoms with E-state index < -0.39 is 15.8 Å². The lowest BCUT2D eigenvalue weighted by Gasteiger charge is -2.11. The zero-order chi connectivity index (χ0) is 17.6. The molecule has 0 spiro atoms. The molecule has 0 aliphatic rings. The Labute approximate surface area is 138 Å². The van der Waals surface area contributed by atoms with E-state index in [0.29, 0.717) is 16.6 Å². The molecule has 2 aromatic carbocycles. The molecule has 0 fully saturated rings. The van der Waals surface area contributed by atoms with E-state index in [9.17, 15) is 17.6 Å². The minimum Gasteiger partial charge on any atom is -0.295 e. The van der Waals surface area contributed by atoms with Crippen LogP contribution in [0.2, 0.25) is 0 Å². The summed E-state index contributed by atoms with van der Waals surface area (Å²) < 4.78 is 43.5. The van der Waals surface area contributed by atoms with Crippen molar-refractivity contribution in [3.05, 3.63) is 58.3 Å². The van der Waals surface area contributed by atoms with Gasteiger partial charge >= 0.3 is 5.69 Å². The van der Waals surface area contributed by atoms with Gasteiger partial charge in [0.1, 0.15) is 5.82 Å². The Morgan fingerprint density at radius 1 is 1.00 bits per heavy atom. The maximum atomic E-state index is 13.0. The first-order chi connectivity index (χ1) is 11.2. The van der Waals surface area contributed by atoms with Crippen LogP contribution in [0.15, 0.2) is 46.1 Å². The third kappa shape index (κ3) is 2.58. The Bertz CT molecular complexity index is 1100. The third-order valence-electron chi connectivity index (χ3n) is 3.95. The number of hydrogen-bond donors (Lipinski definition) is 1. The van der Waals surface area contributed by atoms with E-state index in [1.807, 2.05) is 0 Å². The van der Waals surface area contributed by atoms with E-state index in [4.69, 9.17) is 0 Å². The summed E-state index contributed by atoms with van der Waals surface area (Å²) in [4.78, 5) is 12.1. The topological polar surface area (TPSA) is 73.1 Å². The fourth-order valence-corrected chi connectivity index (χ4v) is 3.95. The molecule has 126 valence electrons. The minimum atomic E-state index is -3.87. The molecule has 0 aliphatic carbocycles. The molecule has 0 saturated carbocycles. The van der Waals surface area contributed by atoms with Crippen molar-refractivity contribution in [3.63, 3.8) is 0 Å². The third-order valence-corrected chi connectivity index (χ3v) is 5.48. The standard InChI is InChI=1S/C16H16FN3O3S/c1-10-8-13-14(20(3)16(21)19(13)2)9-15(10)24(22,23)18-12-6-4-11(17)5-7-12/h4-9,18H,1-3H3. The van der Waals surface area contributed by atoms with Crippen LogP contribution in [-0.4, -0.2) is 17.6 Å². The molecule has 3 aromatic rings. The molecule has 0 bridgehead atoms. The number of benzene rings is 2. The van der Waals surface area contributed by atoms with E-state index in [-0.39, 0.29) is 16.3 Å². The van der Waals surface area contributed by atoms with Gasteiger partial charge in [0.2, 0.25) is 0 Å². The summed E-state index contributed by atoms with van der Waals surface area (Å²) >= 11 is 0. The van der Waals surface area contributed by atoms with Gasteiger partial charge < -0.3 is 0 Å². The zero-order valence-electron chi connectivity index (χ0n) is 13.4. The second-order valence-corrected chi connectivity index (χ2v) is 7.27. The molecule has 24 heavy (non-hydrogen) atoms. The number of sulfonamides is 1. The molecule has 8 heteroatoms. The van der Waals surface area contributed by atoms with Crippen molar-refractivity contribution in [2.75, 3.05) is 4.72 Å². The summed E-state index contributed by atoms with van der Waals surface area (Å²) in [7, 11) is -0.645. The number of halogens is 1. The van der Waals surface area contributed by atoms with Gasteiger partial charge in [0.15, 0.2) is 0 Å². The van der Waals surface area contributed by atoms with Crippen LogP contribution < -0.4 is 10.4 Å². The highest BCUT2D eigenvalue weighted by atomic mass is 32.2. The highest BCUT2D eigenvalue weighted by Gasteiger charge is 2.20. The number of rotatable bonds is 3. The number of aryl methyl sites for hydroxylation is 3. The minimum absolute atomic E-state index is 0.0699. The second kappa shape index (κ2) is 5.48. The van der Waals surface area contributed by atoms with Crippen LogP contribution in [0, 0.1) is 12.7 Å². The molecule has 0 unspecified atom stereocenters. The van der Waals surface area contributed by atoms with Crippen molar-refractivity contribution < 1.29 is 12.8 Å². The highest BCUT2D eigenvalue weighted by molar-refractivity contribution is 7.92. The number of nitrogens with zero attached hydrogens (tertiary/aromatic N) is 2. The molecule has 6 nitrogen and oxygen atoms in total. The van der Waals surface area contributed by atoms with E-state index in [0.717, 1.165) is 0 Å². The molecule has 1 heterocycles. The van der Waals surface area contributed by atoms with Gasteiger partial charge in [-0.1, -0.05) is 0 Å². The van der Waals surface area contributed by atoms with E-state index in [1.165, 1.54) is 39.5 Å². The average molecular weight is 349 g/mol. The average Bonchev–Trinajstić information content (AvgIpc) is 2.73. The van der Waals surface area contributed by atoms with Gasteiger partial charge in [-0.25, -0.2) is 17.6 Å². The predicted molar refractivity (Wildman–Crippen MR) is 90.1 cm³/mol. The summed E-state index contributed by atoms with van der Waals surface area (Å²) in [5, 5.41) is 0. The van der Waals surface area contributed by atoms with Crippen LogP contribution in [0.5, 0.6) is 0 Å². The molecule has 1 N–H and O–H groups in total. The van der Waals surface area contributed by atoms with E-state index in [1.54, 1.807) is 27.1 Å². The normalized spacial score (nSPS) is 11.8. The quantitative estimate of drug-likeness (QED) is 0.787. The van der Waals surface area contributed by atoms with E-state index in [2.05, 4.69) is 4.72 Å². The monoisotopic (exact) mass is 349 g/mol. The number of anilines is 1. The highest BCUT2D eigenvalue weighted by Crippen LogP contribution is 2.24. The van der Waals surface area contributed by atoms with Gasteiger partial charge in [-0.2, -0.15) is 0 Å². The maximum absolute atomic E-state index is 13.0. The first-order valence-corrected chi connectivity index (χ1v) is 8.63. The van der Waals surface area contributed by atoms with E-state index >= 15 is 0 Å². The molecule has 0 radical (unpaired) electrons. The van der Waals surface area contributed by atoms with Crippen LogP contribution in [0.1, 0.15) is 5.56 Å². The maximum Gasteiger partial charge on any atom is 0.328 e. The number of imidazole rings is 1. The molecular formula is C16H16FN3O3S. The molecule has 3 rings (SSSR count). The fourth-order valence-electron chi connectivity index (χ4n) is 2.65. The summed E-state index contributed by atoms with van der Waals surface area (Å²) in [5.41, 5.74) is 1.72.